The Bertz CT molecular complexity index is 1810. The number of likely N-dealkylation sites (tertiary alicyclic amines) is 2. The van der Waals surface area contributed by atoms with Crippen LogP contribution in [0.5, 0.6) is 5.75 Å². The molecular formula is C37H42IN5O5. The molecule has 2 aliphatic rings. The standard InChI is InChI=1S/C37H41N5O5.HI/c1-42(19-5-2-6-20-42)21-8-22-47-29-14-15-32-31(24-29)30(16-17-38-32)36(45)39-25-34(43)41-18-7-11-33(41)35(44)37(46)40-28-13-12-26-9-3-4-10-27(26)23-28;/h3-4,9-10,12-17,23-24,33H,2,5-8,11,18-22,25H2,1H3,(H-,39,40,45,46);1H. The summed E-state index contributed by atoms with van der Waals surface area (Å²) in [6.07, 6.45) is 7.38. The number of Topliss-reactive ketones (excluding diaryl/α,β-unsaturated/α-hetero) is 1. The number of carbonyl (C=O) groups excluding carboxylic acids is 4. The lowest BCUT2D eigenvalue weighted by Gasteiger charge is -2.37. The molecule has 0 bridgehead atoms. The molecule has 6 rings (SSSR count). The van der Waals surface area contributed by atoms with Gasteiger partial charge in [0.1, 0.15) is 11.8 Å². The molecule has 2 N–H and O–H groups in total. The molecule has 3 aromatic carbocycles. The summed E-state index contributed by atoms with van der Waals surface area (Å²) in [7, 11) is 2.32. The van der Waals surface area contributed by atoms with Gasteiger partial charge in [0.15, 0.2) is 0 Å². The lowest BCUT2D eigenvalue weighted by Crippen LogP contribution is -3.00. The summed E-state index contributed by atoms with van der Waals surface area (Å²) in [6.45, 7) is 4.15. The number of fused-ring (bicyclic) bond motifs is 2. The third-order valence-electron chi connectivity index (χ3n) is 9.47. The van der Waals surface area contributed by atoms with Crippen molar-refractivity contribution in [1.82, 2.24) is 15.2 Å². The van der Waals surface area contributed by atoms with Gasteiger partial charge in [0.2, 0.25) is 11.7 Å². The normalized spacial score (nSPS) is 17.0. The van der Waals surface area contributed by atoms with E-state index in [-0.39, 0.29) is 30.5 Å². The van der Waals surface area contributed by atoms with Gasteiger partial charge in [-0.3, -0.25) is 24.2 Å². The van der Waals surface area contributed by atoms with E-state index in [1.165, 1.54) is 37.3 Å². The average molecular weight is 764 g/mol. The van der Waals surface area contributed by atoms with Gasteiger partial charge >= 0.3 is 0 Å². The van der Waals surface area contributed by atoms with E-state index in [0.29, 0.717) is 53.9 Å². The third kappa shape index (κ3) is 8.30. The first-order valence-corrected chi connectivity index (χ1v) is 16.6. The number of halogens is 1. The van der Waals surface area contributed by atoms with Gasteiger partial charge in [0, 0.05) is 30.2 Å². The van der Waals surface area contributed by atoms with Gasteiger partial charge in [0.05, 0.1) is 50.9 Å². The summed E-state index contributed by atoms with van der Waals surface area (Å²) < 4.78 is 7.16. The predicted octanol–water partition coefficient (Wildman–Crippen LogP) is 1.72. The summed E-state index contributed by atoms with van der Waals surface area (Å²) in [5, 5.41) is 7.99. The van der Waals surface area contributed by atoms with Crippen LogP contribution < -0.4 is 39.3 Å². The van der Waals surface area contributed by atoms with Crippen molar-refractivity contribution < 1.29 is 52.4 Å². The Labute approximate surface area is 297 Å². The molecule has 0 aliphatic carbocycles. The van der Waals surface area contributed by atoms with Crippen molar-refractivity contribution in [3.8, 4) is 5.75 Å². The van der Waals surface area contributed by atoms with Gasteiger partial charge in [-0.15, -0.1) is 0 Å². The Morgan fingerprint density at radius 2 is 1.73 bits per heavy atom. The smallest absolute Gasteiger partial charge is 0.293 e. The highest BCUT2D eigenvalue weighted by atomic mass is 127. The van der Waals surface area contributed by atoms with E-state index in [1.54, 1.807) is 18.3 Å². The molecule has 0 saturated carbocycles. The summed E-state index contributed by atoms with van der Waals surface area (Å²) in [5.74, 6) is -1.62. The van der Waals surface area contributed by atoms with Crippen LogP contribution in [0.2, 0.25) is 0 Å². The van der Waals surface area contributed by atoms with Crippen LogP contribution >= 0.6 is 0 Å². The number of benzene rings is 3. The van der Waals surface area contributed by atoms with Crippen LogP contribution in [0.3, 0.4) is 0 Å². The summed E-state index contributed by atoms with van der Waals surface area (Å²) >= 11 is 0. The van der Waals surface area contributed by atoms with Gasteiger partial charge in [-0.2, -0.15) is 0 Å². The molecule has 2 fully saturated rings. The zero-order valence-corrected chi connectivity index (χ0v) is 29.4. The Balaban J connectivity index is 0.00000451. The fraction of sp³-hybridized carbons (Fsp3) is 0.378. The summed E-state index contributed by atoms with van der Waals surface area (Å²) in [4.78, 5) is 58.3. The van der Waals surface area contributed by atoms with Crippen molar-refractivity contribution in [1.29, 1.82) is 0 Å². The minimum atomic E-state index is -0.874. The monoisotopic (exact) mass is 763 g/mol. The van der Waals surface area contributed by atoms with Crippen molar-refractivity contribution in [2.45, 2.75) is 44.6 Å². The second-order valence-electron chi connectivity index (χ2n) is 12.9. The Kier molecular flexibility index (Phi) is 11.6. The predicted molar refractivity (Wildman–Crippen MR) is 181 cm³/mol. The maximum Gasteiger partial charge on any atom is 0.293 e. The van der Waals surface area contributed by atoms with Crippen LogP contribution in [-0.2, 0) is 14.4 Å². The van der Waals surface area contributed by atoms with E-state index in [1.807, 2.05) is 54.6 Å². The van der Waals surface area contributed by atoms with Gasteiger partial charge in [-0.1, -0.05) is 30.3 Å². The molecule has 2 aliphatic heterocycles. The first kappa shape index (κ1) is 35.2. The number of hydrogen-bond acceptors (Lipinski definition) is 6. The highest BCUT2D eigenvalue weighted by molar-refractivity contribution is 6.42. The molecule has 1 unspecified atom stereocenters. The van der Waals surface area contributed by atoms with Crippen LogP contribution in [0.25, 0.3) is 21.7 Å². The maximum atomic E-state index is 13.3. The number of hydrogen-bond donors (Lipinski definition) is 2. The SMILES string of the molecule is C[N+]1(CCCOc2ccc3nccc(C(=O)NCC(=O)N4CCCC4C(=O)C(=O)Nc4ccc5ccccc5c4)c3c2)CCCCC1.[I-]. The highest BCUT2D eigenvalue weighted by Crippen LogP contribution is 2.25. The minimum absolute atomic E-state index is 0. The number of ether oxygens (including phenoxy) is 1. The molecule has 1 aromatic heterocycles. The molecule has 11 heteroatoms. The topological polar surface area (TPSA) is 118 Å². The van der Waals surface area contributed by atoms with Crippen LogP contribution in [-0.4, -0.2) is 90.3 Å². The van der Waals surface area contributed by atoms with Crippen molar-refractivity contribution in [2.75, 3.05) is 51.7 Å². The second kappa shape index (κ2) is 15.9. The molecule has 4 aromatic rings. The van der Waals surface area contributed by atoms with Crippen LogP contribution in [0.1, 0.15) is 48.9 Å². The number of anilines is 1. The lowest BCUT2D eigenvalue weighted by molar-refractivity contribution is -0.914. The molecule has 3 amide bonds. The fourth-order valence-electron chi connectivity index (χ4n) is 6.85. The largest absolute Gasteiger partial charge is 1.00 e. The first-order chi connectivity index (χ1) is 22.8. The van der Waals surface area contributed by atoms with E-state index in [2.05, 4.69) is 22.7 Å². The molecule has 2 saturated heterocycles. The lowest BCUT2D eigenvalue weighted by atomic mass is 10.1. The van der Waals surface area contributed by atoms with Crippen molar-refractivity contribution >= 4 is 50.9 Å². The van der Waals surface area contributed by atoms with E-state index >= 15 is 0 Å². The molecule has 10 nitrogen and oxygen atoms in total. The fourth-order valence-corrected chi connectivity index (χ4v) is 6.85. The highest BCUT2D eigenvalue weighted by Gasteiger charge is 2.37. The van der Waals surface area contributed by atoms with Crippen molar-refractivity contribution in [2.24, 2.45) is 0 Å². The number of nitrogens with one attached hydrogen (secondary N) is 2. The second-order valence-corrected chi connectivity index (χ2v) is 12.9. The Morgan fingerprint density at radius 3 is 2.54 bits per heavy atom. The van der Waals surface area contributed by atoms with Crippen LogP contribution in [0, 0.1) is 0 Å². The van der Waals surface area contributed by atoms with Crippen LogP contribution in [0.4, 0.5) is 5.69 Å². The number of amides is 3. The molecule has 0 spiro atoms. The molecular weight excluding hydrogens is 721 g/mol. The quantitative estimate of drug-likeness (QED) is 0.104. The number of pyridine rings is 1. The summed E-state index contributed by atoms with van der Waals surface area (Å²) in [5.41, 5.74) is 1.53. The van der Waals surface area contributed by atoms with Crippen molar-refractivity contribution in [3.63, 3.8) is 0 Å². The Morgan fingerprint density at radius 1 is 0.938 bits per heavy atom. The Hall–Kier alpha value is -4.10. The molecule has 48 heavy (non-hydrogen) atoms. The van der Waals surface area contributed by atoms with E-state index in [4.69, 9.17) is 4.74 Å². The van der Waals surface area contributed by atoms with E-state index in [0.717, 1.165) is 28.2 Å². The third-order valence-corrected chi connectivity index (χ3v) is 9.47. The number of nitrogens with zero attached hydrogens (tertiary/aromatic N) is 3. The number of piperidine rings is 1. The number of aromatic nitrogens is 1. The van der Waals surface area contributed by atoms with Gasteiger partial charge in [0.25, 0.3) is 11.8 Å². The zero-order chi connectivity index (χ0) is 32.8. The van der Waals surface area contributed by atoms with Crippen molar-refractivity contribution in [3.05, 3.63) is 78.5 Å². The zero-order valence-electron chi connectivity index (χ0n) is 27.3. The molecule has 0 radical (unpaired) electrons. The van der Waals surface area contributed by atoms with E-state index in [9.17, 15) is 19.2 Å². The summed E-state index contributed by atoms with van der Waals surface area (Å²) in [6, 6.07) is 19.4. The molecule has 252 valence electrons. The van der Waals surface area contributed by atoms with Gasteiger partial charge < -0.3 is 48.7 Å². The molecule has 3 heterocycles. The van der Waals surface area contributed by atoms with Crippen LogP contribution in [0.15, 0.2) is 72.9 Å². The number of rotatable bonds is 11. The number of ketones is 1. The van der Waals surface area contributed by atoms with Gasteiger partial charge in [-0.25, -0.2) is 0 Å². The maximum absolute atomic E-state index is 13.3. The first-order valence-electron chi connectivity index (χ1n) is 16.6. The average Bonchev–Trinajstić information content (AvgIpc) is 3.59. The van der Waals surface area contributed by atoms with Gasteiger partial charge in [-0.05, 0) is 79.3 Å². The van der Waals surface area contributed by atoms with E-state index < -0.39 is 29.5 Å². The number of carbonyl (C=O) groups is 4. The number of quaternary nitrogens is 1. The molecule has 1 atom stereocenters. The minimum Gasteiger partial charge on any atom is -1.00 e.